The van der Waals surface area contributed by atoms with Crippen LogP contribution in [0.1, 0.15) is 27.0 Å². The van der Waals surface area contributed by atoms with Gasteiger partial charge in [0.2, 0.25) is 0 Å². The zero-order chi connectivity index (χ0) is 18.4. The van der Waals surface area contributed by atoms with Gasteiger partial charge in [-0.2, -0.15) is 0 Å². The van der Waals surface area contributed by atoms with Crippen molar-refractivity contribution in [3.8, 4) is 0 Å². The Morgan fingerprint density at radius 3 is 1.96 bits per heavy atom. The van der Waals surface area contributed by atoms with Gasteiger partial charge in [0.15, 0.2) is 12.3 Å². The van der Waals surface area contributed by atoms with Crippen molar-refractivity contribution in [1.82, 2.24) is 0 Å². The molecule has 1 aromatic carbocycles. The molecule has 0 spiro atoms. The minimum atomic E-state index is -0.0244. The van der Waals surface area contributed by atoms with E-state index in [-0.39, 0.29) is 11.7 Å². The number of ketones is 1. The summed E-state index contributed by atoms with van der Waals surface area (Å²) >= 11 is 3.44. The number of quaternary nitrogens is 1. The van der Waals surface area contributed by atoms with Crippen LogP contribution in [0, 0.1) is 0 Å². The van der Waals surface area contributed by atoms with Gasteiger partial charge in [0.05, 0.1) is 9.75 Å². The first-order valence-corrected chi connectivity index (χ1v) is 10.2. The zero-order valence-corrected chi connectivity index (χ0v) is 16.2. The van der Waals surface area contributed by atoms with E-state index in [2.05, 4.69) is 28.2 Å². The molecule has 0 aliphatic rings. The van der Waals surface area contributed by atoms with Crippen molar-refractivity contribution in [2.75, 3.05) is 11.9 Å². The van der Waals surface area contributed by atoms with Crippen LogP contribution in [-0.2, 0) is 17.9 Å². The lowest BCUT2D eigenvalue weighted by atomic mass is 10.1. The summed E-state index contributed by atoms with van der Waals surface area (Å²) in [5.41, 5.74) is 1.36. The summed E-state index contributed by atoms with van der Waals surface area (Å²) in [6, 6.07) is 15.3. The summed E-state index contributed by atoms with van der Waals surface area (Å²) in [6.07, 6.45) is 0. The highest BCUT2D eigenvalue weighted by Crippen LogP contribution is 2.11. The Balaban J connectivity index is 1.63. The molecule has 0 saturated carbocycles. The Hall–Kier alpha value is -2.28. The molecule has 0 radical (unpaired) electrons. The van der Waals surface area contributed by atoms with Crippen LogP contribution in [0.25, 0.3) is 0 Å². The highest BCUT2D eigenvalue weighted by atomic mass is 32.1. The number of amides is 1. The van der Waals surface area contributed by atoms with E-state index in [1.54, 1.807) is 46.9 Å². The summed E-state index contributed by atoms with van der Waals surface area (Å²) in [7, 11) is 0. The van der Waals surface area contributed by atoms with Gasteiger partial charge in [0.25, 0.3) is 5.91 Å². The molecule has 2 N–H and O–H groups in total. The van der Waals surface area contributed by atoms with Crippen LogP contribution >= 0.6 is 22.7 Å². The number of carbonyl (C=O) groups excluding carboxylic acids is 2. The maximum absolute atomic E-state index is 12.5. The van der Waals surface area contributed by atoms with Crippen LogP contribution in [0.5, 0.6) is 0 Å². The summed E-state index contributed by atoms with van der Waals surface area (Å²) in [4.78, 5) is 27.6. The van der Waals surface area contributed by atoms with Crippen molar-refractivity contribution in [3.05, 3.63) is 74.6 Å². The van der Waals surface area contributed by atoms with E-state index < -0.39 is 0 Å². The maximum Gasteiger partial charge on any atom is 0.279 e. The van der Waals surface area contributed by atoms with Crippen LogP contribution in [0.15, 0.2) is 59.3 Å². The van der Waals surface area contributed by atoms with E-state index >= 15 is 0 Å². The van der Waals surface area contributed by atoms with E-state index in [0.717, 1.165) is 13.1 Å². The number of rotatable bonds is 8. The minimum Gasteiger partial charge on any atom is -0.321 e. The quantitative estimate of drug-likeness (QED) is 0.585. The highest BCUT2D eigenvalue weighted by Gasteiger charge is 2.17. The first kappa shape index (κ1) is 18.5. The third-order valence-electron chi connectivity index (χ3n) is 3.99. The molecule has 0 aliphatic carbocycles. The standard InChI is InChI=1S/C20H20N2O2S2/c1-15(23)16-6-8-17(9-7-16)21-20(24)14-22(12-18-4-2-10-25-18)13-19-5-3-11-26-19/h2-11H,12-14H2,1H3,(H,21,24)/p+1. The van der Waals surface area contributed by atoms with Crippen molar-refractivity contribution in [2.45, 2.75) is 20.0 Å². The van der Waals surface area contributed by atoms with Gasteiger partial charge >= 0.3 is 0 Å². The van der Waals surface area contributed by atoms with E-state index in [1.807, 2.05) is 12.1 Å². The second kappa shape index (κ2) is 8.89. The predicted molar refractivity (Wildman–Crippen MR) is 107 cm³/mol. The lowest BCUT2D eigenvalue weighted by Gasteiger charge is -2.18. The molecule has 134 valence electrons. The third kappa shape index (κ3) is 5.36. The number of hydrogen-bond donors (Lipinski definition) is 2. The molecular weight excluding hydrogens is 364 g/mol. The molecule has 3 rings (SSSR count). The van der Waals surface area contributed by atoms with Crippen molar-refractivity contribution in [1.29, 1.82) is 0 Å². The maximum atomic E-state index is 12.5. The Kier molecular flexibility index (Phi) is 6.33. The molecule has 0 bridgehead atoms. The van der Waals surface area contributed by atoms with Gasteiger partial charge in [-0.15, -0.1) is 22.7 Å². The highest BCUT2D eigenvalue weighted by molar-refractivity contribution is 7.10. The smallest absolute Gasteiger partial charge is 0.279 e. The average Bonchev–Trinajstić information content (AvgIpc) is 3.29. The first-order chi connectivity index (χ1) is 12.6. The van der Waals surface area contributed by atoms with E-state index in [0.29, 0.717) is 17.8 Å². The second-order valence-corrected chi connectivity index (χ2v) is 8.19. The number of benzene rings is 1. The summed E-state index contributed by atoms with van der Waals surface area (Å²) in [5.74, 6) is -0.00548. The van der Waals surface area contributed by atoms with E-state index in [4.69, 9.17) is 0 Å². The van der Waals surface area contributed by atoms with Crippen molar-refractivity contribution in [2.24, 2.45) is 0 Å². The van der Waals surface area contributed by atoms with Crippen LogP contribution in [0.2, 0.25) is 0 Å². The molecule has 2 aromatic heterocycles. The molecule has 0 saturated heterocycles. The molecule has 0 atom stereocenters. The molecule has 2 heterocycles. The fourth-order valence-corrected chi connectivity index (χ4v) is 4.28. The zero-order valence-electron chi connectivity index (χ0n) is 14.5. The largest absolute Gasteiger partial charge is 0.321 e. The SMILES string of the molecule is CC(=O)c1ccc(NC(=O)C[NH+](Cc2cccs2)Cc2cccs2)cc1. The van der Waals surface area contributed by atoms with Crippen LogP contribution in [-0.4, -0.2) is 18.2 Å². The van der Waals surface area contributed by atoms with E-state index in [1.165, 1.54) is 21.6 Å². The van der Waals surface area contributed by atoms with Gasteiger partial charge in [-0.05, 0) is 54.1 Å². The van der Waals surface area contributed by atoms with Gasteiger partial charge in [-0.1, -0.05) is 12.1 Å². The fraction of sp³-hybridized carbons (Fsp3) is 0.200. The molecule has 4 nitrogen and oxygen atoms in total. The Labute approximate surface area is 161 Å². The van der Waals surface area contributed by atoms with Gasteiger partial charge in [-0.3, -0.25) is 9.59 Å². The minimum absolute atomic E-state index is 0.0189. The molecule has 6 heteroatoms. The summed E-state index contributed by atoms with van der Waals surface area (Å²) in [6.45, 7) is 3.58. The number of Topliss-reactive ketones (excluding diaryl/α,β-unsaturated/α-hetero) is 1. The average molecular weight is 386 g/mol. The third-order valence-corrected chi connectivity index (χ3v) is 5.75. The number of hydrogen-bond acceptors (Lipinski definition) is 4. The Morgan fingerprint density at radius 1 is 0.923 bits per heavy atom. The molecular formula is C20H21N2O2S2+. The number of carbonyl (C=O) groups is 2. The lowest BCUT2D eigenvalue weighted by molar-refractivity contribution is -0.918. The monoisotopic (exact) mass is 385 g/mol. The van der Waals surface area contributed by atoms with Crippen LogP contribution in [0.4, 0.5) is 5.69 Å². The molecule has 0 unspecified atom stereocenters. The van der Waals surface area contributed by atoms with Crippen LogP contribution in [0.3, 0.4) is 0 Å². The topological polar surface area (TPSA) is 50.6 Å². The van der Waals surface area contributed by atoms with Gasteiger partial charge in [0, 0.05) is 11.3 Å². The second-order valence-electron chi connectivity index (χ2n) is 6.12. The van der Waals surface area contributed by atoms with Gasteiger partial charge < -0.3 is 10.2 Å². The normalized spacial score (nSPS) is 10.8. The molecule has 0 aliphatic heterocycles. The molecule has 3 aromatic rings. The summed E-state index contributed by atoms with van der Waals surface area (Å²) < 4.78 is 0. The Bertz CT molecular complexity index is 804. The Morgan fingerprint density at radius 2 is 1.50 bits per heavy atom. The molecule has 0 fully saturated rings. The van der Waals surface area contributed by atoms with Crippen molar-refractivity contribution >= 4 is 40.1 Å². The van der Waals surface area contributed by atoms with Crippen molar-refractivity contribution < 1.29 is 14.5 Å². The fourth-order valence-electron chi connectivity index (χ4n) is 2.73. The van der Waals surface area contributed by atoms with Gasteiger partial charge in [0.1, 0.15) is 13.1 Å². The number of thiophene rings is 2. The predicted octanol–water partition coefficient (Wildman–Crippen LogP) is 3.24. The van der Waals surface area contributed by atoms with E-state index in [9.17, 15) is 9.59 Å². The molecule has 26 heavy (non-hydrogen) atoms. The number of anilines is 1. The molecule has 1 amide bonds. The first-order valence-electron chi connectivity index (χ1n) is 8.39. The van der Waals surface area contributed by atoms with Crippen LogP contribution < -0.4 is 10.2 Å². The van der Waals surface area contributed by atoms with Gasteiger partial charge in [-0.25, -0.2) is 0 Å². The number of nitrogens with one attached hydrogen (secondary N) is 2. The summed E-state index contributed by atoms with van der Waals surface area (Å²) in [5, 5.41) is 7.06. The van der Waals surface area contributed by atoms with Crippen molar-refractivity contribution in [3.63, 3.8) is 0 Å². The lowest BCUT2D eigenvalue weighted by Crippen LogP contribution is -3.10.